The first kappa shape index (κ1) is 14.4. The summed E-state index contributed by atoms with van der Waals surface area (Å²) in [6.07, 6.45) is 0. The van der Waals surface area contributed by atoms with Crippen LogP contribution in [0.5, 0.6) is 0 Å². The van der Waals surface area contributed by atoms with Gasteiger partial charge in [0.15, 0.2) is 0 Å². The molecule has 0 spiro atoms. The molecule has 7 heteroatoms. The van der Waals surface area contributed by atoms with Gasteiger partial charge in [0.05, 0.1) is 16.9 Å². The number of hydrogen-bond donors (Lipinski definition) is 1. The summed E-state index contributed by atoms with van der Waals surface area (Å²) in [4.78, 5) is 11.5. The van der Waals surface area contributed by atoms with E-state index in [-0.39, 0.29) is 11.8 Å². The highest BCUT2D eigenvalue weighted by molar-refractivity contribution is 8.01. The Morgan fingerprint density at radius 1 is 1.50 bits per heavy atom. The molecule has 1 amide bonds. The molecule has 18 heavy (non-hydrogen) atoms. The third-order valence-corrected chi connectivity index (χ3v) is 2.77. The highest BCUT2D eigenvalue weighted by atomic mass is 32.2. The summed E-state index contributed by atoms with van der Waals surface area (Å²) in [6.45, 7) is 1.17. The number of alkyl halides is 3. The Bertz CT molecular complexity index is 482. The first-order valence-electron chi connectivity index (χ1n) is 4.87. The fourth-order valence-corrected chi connectivity index (χ4v) is 1.73. The van der Waals surface area contributed by atoms with Crippen LogP contribution in [0.1, 0.15) is 12.5 Å². The highest BCUT2D eigenvalue weighted by Gasteiger charge is 2.34. The SMILES string of the molecule is C[C@H](SC(F)(F)F)C(=O)Nc1cccc(C#N)c1. The predicted octanol–water partition coefficient (Wildman–Crippen LogP) is 3.14. The second-order valence-electron chi connectivity index (χ2n) is 3.39. The monoisotopic (exact) mass is 274 g/mol. The summed E-state index contributed by atoms with van der Waals surface area (Å²) < 4.78 is 36.2. The molecule has 96 valence electrons. The lowest BCUT2D eigenvalue weighted by Crippen LogP contribution is -2.25. The summed E-state index contributed by atoms with van der Waals surface area (Å²) in [5.41, 5.74) is -3.83. The number of halogens is 3. The Balaban J connectivity index is 2.67. The standard InChI is InChI=1S/C11H9F3N2OS/c1-7(18-11(12,13)14)10(17)16-9-4-2-3-8(5-9)6-15/h2-5,7H,1H3,(H,16,17)/t7-/m0/s1. The number of nitriles is 1. The van der Waals surface area contributed by atoms with Crippen LogP contribution in [-0.4, -0.2) is 16.7 Å². The first-order valence-corrected chi connectivity index (χ1v) is 5.75. The number of rotatable bonds is 3. The van der Waals surface area contributed by atoms with Crippen LogP contribution in [0.15, 0.2) is 24.3 Å². The number of anilines is 1. The quantitative estimate of drug-likeness (QED) is 0.921. The number of thioether (sulfide) groups is 1. The van der Waals surface area contributed by atoms with E-state index in [0.29, 0.717) is 11.3 Å². The van der Waals surface area contributed by atoms with Crippen LogP contribution in [0.4, 0.5) is 18.9 Å². The summed E-state index contributed by atoms with van der Waals surface area (Å²) in [7, 11) is 0. The van der Waals surface area contributed by atoms with Gasteiger partial charge in [-0.25, -0.2) is 0 Å². The van der Waals surface area contributed by atoms with Gasteiger partial charge < -0.3 is 5.32 Å². The van der Waals surface area contributed by atoms with E-state index < -0.39 is 16.7 Å². The minimum Gasteiger partial charge on any atom is -0.325 e. The molecule has 0 unspecified atom stereocenters. The molecule has 3 nitrogen and oxygen atoms in total. The van der Waals surface area contributed by atoms with Crippen molar-refractivity contribution in [3.63, 3.8) is 0 Å². The second-order valence-corrected chi connectivity index (χ2v) is 4.79. The van der Waals surface area contributed by atoms with E-state index in [0.717, 1.165) is 0 Å². The molecule has 0 aliphatic carbocycles. The molecule has 0 bridgehead atoms. The van der Waals surface area contributed by atoms with Crippen molar-refractivity contribution in [3.05, 3.63) is 29.8 Å². The number of nitrogens with zero attached hydrogens (tertiary/aromatic N) is 1. The summed E-state index contributed by atoms with van der Waals surface area (Å²) >= 11 is -0.383. The average Bonchev–Trinajstić information content (AvgIpc) is 2.27. The number of carbonyl (C=O) groups excluding carboxylic acids is 1. The molecule has 0 saturated carbocycles. The fourth-order valence-electron chi connectivity index (χ4n) is 1.16. The molecule has 0 fully saturated rings. The number of benzene rings is 1. The molecule has 1 aromatic rings. The van der Waals surface area contributed by atoms with Crippen molar-refractivity contribution in [1.82, 2.24) is 0 Å². The first-order chi connectivity index (χ1) is 8.31. The summed E-state index contributed by atoms with van der Waals surface area (Å²) in [5, 5.41) is 9.72. The zero-order valence-electron chi connectivity index (χ0n) is 9.28. The summed E-state index contributed by atoms with van der Waals surface area (Å²) in [6, 6.07) is 7.84. The Labute approximate surface area is 106 Å². The van der Waals surface area contributed by atoms with Gasteiger partial charge in [0.2, 0.25) is 5.91 Å². The van der Waals surface area contributed by atoms with Crippen LogP contribution in [0.3, 0.4) is 0 Å². The lowest BCUT2D eigenvalue weighted by atomic mass is 10.2. The van der Waals surface area contributed by atoms with Gasteiger partial charge in [0.1, 0.15) is 0 Å². The van der Waals surface area contributed by atoms with Crippen LogP contribution in [0.25, 0.3) is 0 Å². The molecular weight excluding hydrogens is 265 g/mol. The van der Waals surface area contributed by atoms with Crippen LogP contribution < -0.4 is 5.32 Å². The zero-order chi connectivity index (χ0) is 13.8. The van der Waals surface area contributed by atoms with Crippen molar-refractivity contribution >= 4 is 23.4 Å². The second kappa shape index (κ2) is 5.78. The third kappa shape index (κ3) is 4.67. The lowest BCUT2D eigenvalue weighted by molar-refractivity contribution is -0.115. The molecule has 0 aliphatic heterocycles. The van der Waals surface area contributed by atoms with Crippen molar-refractivity contribution in [2.24, 2.45) is 0 Å². The molecule has 1 atom stereocenters. The number of hydrogen-bond acceptors (Lipinski definition) is 3. The fraction of sp³-hybridized carbons (Fsp3) is 0.273. The van der Waals surface area contributed by atoms with Crippen LogP contribution in [-0.2, 0) is 4.79 Å². The minimum absolute atomic E-state index is 0.300. The molecule has 0 saturated heterocycles. The van der Waals surface area contributed by atoms with E-state index in [1.807, 2.05) is 6.07 Å². The van der Waals surface area contributed by atoms with E-state index in [1.54, 1.807) is 0 Å². The lowest BCUT2D eigenvalue weighted by Gasteiger charge is -2.13. The molecule has 1 N–H and O–H groups in total. The smallest absolute Gasteiger partial charge is 0.325 e. The topological polar surface area (TPSA) is 52.9 Å². The molecular formula is C11H9F3N2OS. The van der Waals surface area contributed by atoms with E-state index in [9.17, 15) is 18.0 Å². The Kier molecular flexibility index (Phi) is 4.62. The molecule has 1 rings (SSSR count). The van der Waals surface area contributed by atoms with Gasteiger partial charge in [-0.1, -0.05) is 6.07 Å². The molecule has 1 aromatic carbocycles. The van der Waals surface area contributed by atoms with Gasteiger partial charge in [0.25, 0.3) is 0 Å². The Morgan fingerprint density at radius 2 is 2.17 bits per heavy atom. The maximum atomic E-state index is 12.1. The van der Waals surface area contributed by atoms with Crippen LogP contribution >= 0.6 is 11.8 Å². The maximum Gasteiger partial charge on any atom is 0.442 e. The predicted molar refractivity (Wildman–Crippen MR) is 62.9 cm³/mol. The van der Waals surface area contributed by atoms with Gasteiger partial charge in [0, 0.05) is 5.69 Å². The molecule has 0 heterocycles. The third-order valence-electron chi connectivity index (χ3n) is 1.94. The van der Waals surface area contributed by atoms with E-state index in [4.69, 9.17) is 5.26 Å². The van der Waals surface area contributed by atoms with Crippen LogP contribution in [0, 0.1) is 11.3 Å². The van der Waals surface area contributed by atoms with Crippen molar-refractivity contribution in [2.75, 3.05) is 5.32 Å². The number of carbonyl (C=O) groups is 1. The Morgan fingerprint density at radius 3 is 2.72 bits per heavy atom. The summed E-state index contributed by atoms with van der Waals surface area (Å²) in [5.74, 6) is -0.757. The van der Waals surface area contributed by atoms with Crippen LogP contribution in [0.2, 0.25) is 0 Å². The van der Waals surface area contributed by atoms with Crippen molar-refractivity contribution in [2.45, 2.75) is 17.7 Å². The zero-order valence-corrected chi connectivity index (χ0v) is 10.1. The number of amides is 1. The molecule has 0 aromatic heterocycles. The van der Waals surface area contributed by atoms with E-state index >= 15 is 0 Å². The van der Waals surface area contributed by atoms with E-state index in [2.05, 4.69) is 5.32 Å². The van der Waals surface area contributed by atoms with Gasteiger partial charge in [-0.15, -0.1) is 0 Å². The van der Waals surface area contributed by atoms with E-state index in [1.165, 1.54) is 31.2 Å². The minimum atomic E-state index is -4.45. The van der Waals surface area contributed by atoms with Crippen molar-refractivity contribution < 1.29 is 18.0 Å². The largest absolute Gasteiger partial charge is 0.442 e. The molecule has 0 aliphatic rings. The Hall–Kier alpha value is -1.68. The van der Waals surface area contributed by atoms with Gasteiger partial charge in [-0.05, 0) is 36.9 Å². The number of nitrogens with one attached hydrogen (secondary N) is 1. The van der Waals surface area contributed by atoms with Crippen molar-refractivity contribution in [3.8, 4) is 6.07 Å². The molecule has 0 radical (unpaired) electrons. The van der Waals surface area contributed by atoms with Gasteiger partial charge >= 0.3 is 5.51 Å². The highest BCUT2D eigenvalue weighted by Crippen LogP contribution is 2.34. The van der Waals surface area contributed by atoms with Gasteiger partial charge in [-0.2, -0.15) is 18.4 Å². The average molecular weight is 274 g/mol. The normalized spacial score (nSPS) is 12.6. The maximum absolute atomic E-state index is 12.1. The van der Waals surface area contributed by atoms with Gasteiger partial charge in [-0.3, -0.25) is 4.79 Å². The van der Waals surface area contributed by atoms with Crippen molar-refractivity contribution in [1.29, 1.82) is 5.26 Å².